The number of carbonyl (C=O) groups is 1. The molecule has 2 aromatic rings. The summed E-state index contributed by atoms with van der Waals surface area (Å²) in [6.07, 6.45) is 2.89. The first-order valence-electron chi connectivity index (χ1n) is 5.56. The van der Waals surface area contributed by atoms with Crippen molar-refractivity contribution >= 4 is 17.3 Å². The van der Waals surface area contributed by atoms with Crippen LogP contribution < -0.4 is 10.6 Å². The molecule has 0 radical (unpaired) electrons. The van der Waals surface area contributed by atoms with Crippen LogP contribution in [0.25, 0.3) is 0 Å². The van der Waals surface area contributed by atoms with Crippen molar-refractivity contribution in [3.63, 3.8) is 0 Å². The number of carbonyl (C=O) groups excluding carboxylic acids is 1. The molecule has 0 unspecified atom stereocenters. The van der Waals surface area contributed by atoms with Crippen molar-refractivity contribution in [2.24, 2.45) is 0 Å². The van der Waals surface area contributed by atoms with Gasteiger partial charge in [-0.25, -0.2) is 9.97 Å². The topological polar surface area (TPSA) is 66.9 Å². The first-order valence-corrected chi connectivity index (χ1v) is 5.56. The van der Waals surface area contributed by atoms with Crippen LogP contribution in [-0.2, 0) is 0 Å². The zero-order valence-electron chi connectivity index (χ0n) is 10.3. The van der Waals surface area contributed by atoms with E-state index in [0.29, 0.717) is 5.69 Å². The summed E-state index contributed by atoms with van der Waals surface area (Å²) in [6.45, 7) is 2.00. The standard InChI is InChI=1S/C13H14N4O/c1-9-3-4-10(7-12(9)14-2)17-13(18)11-5-6-15-8-16-11/h3-8,14H,1-2H3,(H,17,18). The van der Waals surface area contributed by atoms with Gasteiger partial charge in [0.1, 0.15) is 12.0 Å². The van der Waals surface area contributed by atoms with Gasteiger partial charge in [0.25, 0.3) is 5.91 Å². The average Bonchev–Trinajstić information content (AvgIpc) is 2.42. The molecule has 2 N–H and O–H groups in total. The lowest BCUT2D eigenvalue weighted by Crippen LogP contribution is -2.13. The van der Waals surface area contributed by atoms with E-state index in [1.807, 2.05) is 32.2 Å². The Bertz CT molecular complexity index is 554. The summed E-state index contributed by atoms with van der Waals surface area (Å²) in [5.41, 5.74) is 3.18. The van der Waals surface area contributed by atoms with Crippen molar-refractivity contribution in [2.75, 3.05) is 17.7 Å². The minimum atomic E-state index is -0.247. The van der Waals surface area contributed by atoms with E-state index in [4.69, 9.17) is 0 Å². The van der Waals surface area contributed by atoms with Crippen molar-refractivity contribution < 1.29 is 4.79 Å². The Morgan fingerprint density at radius 1 is 1.28 bits per heavy atom. The Morgan fingerprint density at radius 2 is 2.11 bits per heavy atom. The molecule has 1 heterocycles. The molecule has 0 saturated carbocycles. The Morgan fingerprint density at radius 3 is 2.78 bits per heavy atom. The smallest absolute Gasteiger partial charge is 0.274 e. The monoisotopic (exact) mass is 242 g/mol. The van der Waals surface area contributed by atoms with Crippen LogP contribution in [0.4, 0.5) is 11.4 Å². The van der Waals surface area contributed by atoms with Crippen molar-refractivity contribution in [2.45, 2.75) is 6.92 Å². The Kier molecular flexibility index (Phi) is 3.52. The second kappa shape index (κ2) is 5.27. The molecule has 0 bridgehead atoms. The minimum Gasteiger partial charge on any atom is -0.388 e. The molecule has 18 heavy (non-hydrogen) atoms. The molecular formula is C13H14N4O. The van der Waals surface area contributed by atoms with E-state index in [-0.39, 0.29) is 5.91 Å². The molecule has 0 atom stereocenters. The van der Waals surface area contributed by atoms with Crippen molar-refractivity contribution in [1.82, 2.24) is 9.97 Å². The molecule has 0 saturated heterocycles. The second-order valence-electron chi connectivity index (χ2n) is 3.83. The summed E-state index contributed by atoms with van der Waals surface area (Å²) < 4.78 is 0. The minimum absolute atomic E-state index is 0.247. The first-order chi connectivity index (χ1) is 8.70. The van der Waals surface area contributed by atoms with Crippen molar-refractivity contribution in [3.8, 4) is 0 Å². The number of rotatable bonds is 3. The molecule has 1 amide bonds. The predicted molar refractivity (Wildman–Crippen MR) is 70.7 cm³/mol. The molecular weight excluding hydrogens is 228 g/mol. The van der Waals surface area contributed by atoms with Crippen LogP contribution in [0, 0.1) is 6.92 Å². The van der Waals surface area contributed by atoms with Crippen LogP contribution in [0.1, 0.15) is 16.1 Å². The van der Waals surface area contributed by atoms with Gasteiger partial charge >= 0.3 is 0 Å². The van der Waals surface area contributed by atoms with Gasteiger partial charge in [-0.3, -0.25) is 4.79 Å². The lowest BCUT2D eigenvalue weighted by atomic mass is 10.2. The maximum atomic E-state index is 11.9. The van der Waals surface area contributed by atoms with E-state index in [1.165, 1.54) is 12.5 Å². The van der Waals surface area contributed by atoms with Gasteiger partial charge in [-0.15, -0.1) is 0 Å². The molecule has 92 valence electrons. The predicted octanol–water partition coefficient (Wildman–Crippen LogP) is 2.08. The number of aryl methyl sites for hydroxylation is 1. The van der Waals surface area contributed by atoms with E-state index in [1.54, 1.807) is 6.07 Å². The first kappa shape index (κ1) is 12.0. The van der Waals surface area contributed by atoms with Gasteiger partial charge in [0.2, 0.25) is 0 Å². The zero-order valence-corrected chi connectivity index (χ0v) is 10.3. The molecule has 5 nitrogen and oxygen atoms in total. The van der Waals surface area contributed by atoms with Crippen LogP contribution >= 0.6 is 0 Å². The Hall–Kier alpha value is -2.43. The number of amides is 1. The summed E-state index contributed by atoms with van der Waals surface area (Å²) >= 11 is 0. The maximum Gasteiger partial charge on any atom is 0.274 e. The molecule has 0 fully saturated rings. The van der Waals surface area contributed by atoms with Gasteiger partial charge in [-0.2, -0.15) is 0 Å². The van der Waals surface area contributed by atoms with Crippen LogP contribution in [0.15, 0.2) is 36.8 Å². The van der Waals surface area contributed by atoms with Gasteiger partial charge in [0.05, 0.1) is 0 Å². The van der Waals surface area contributed by atoms with Crippen LogP contribution in [0.2, 0.25) is 0 Å². The second-order valence-corrected chi connectivity index (χ2v) is 3.83. The lowest BCUT2D eigenvalue weighted by Gasteiger charge is -2.09. The largest absolute Gasteiger partial charge is 0.388 e. The van der Waals surface area contributed by atoms with Crippen LogP contribution in [0.3, 0.4) is 0 Å². The summed E-state index contributed by atoms with van der Waals surface area (Å²) in [7, 11) is 1.85. The highest BCUT2D eigenvalue weighted by atomic mass is 16.1. The van der Waals surface area contributed by atoms with E-state index >= 15 is 0 Å². The van der Waals surface area contributed by atoms with Crippen molar-refractivity contribution in [3.05, 3.63) is 48.0 Å². The highest BCUT2D eigenvalue weighted by Crippen LogP contribution is 2.19. The third-order valence-electron chi connectivity index (χ3n) is 2.58. The molecule has 1 aromatic heterocycles. The lowest BCUT2D eigenvalue weighted by molar-refractivity contribution is 0.102. The third kappa shape index (κ3) is 2.63. The zero-order chi connectivity index (χ0) is 13.0. The molecule has 0 aliphatic heterocycles. The quantitative estimate of drug-likeness (QED) is 0.864. The van der Waals surface area contributed by atoms with Gasteiger partial charge in [-0.05, 0) is 30.7 Å². The molecule has 5 heteroatoms. The number of nitrogens with one attached hydrogen (secondary N) is 2. The fraction of sp³-hybridized carbons (Fsp3) is 0.154. The van der Waals surface area contributed by atoms with Crippen LogP contribution in [0.5, 0.6) is 0 Å². The Labute approximate surface area is 105 Å². The highest BCUT2D eigenvalue weighted by molar-refractivity contribution is 6.03. The molecule has 2 rings (SSSR count). The van der Waals surface area contributed by atoms with E-state index in [9.17, 15) is 4.79 Å². The fourth-order valence-electron chi connectivity index (χ4n) is 1.59. The number of benzene rings is 1. The summed E-state index contributed by atoms with van der Waals surface area (Å²) in [5.74, 6) is -0.247. The molecule has 0 aliphatic rings. The third-order valence-corrected chi connectivity index (χ3v) is 2.58. The van der Waals surface area contributed by atoms with E-state index in [2.05, 4.69) is 20.6 Å². The molecule has 0 spiro atoms. The Balaban J connectivity index is 2.17. The summed E-state index contributed by atoms with van der Waals surface area (Å²) in [6, 6.07) is 7.26. The van der Waals surface area contributed by atoms with Gasteiger partial charge in [0, 0.05) is 24.6 Å². The van der Waals surface area contributed by atoms with Crippen LogP contribution in [-0.4, -0.2) is 22.9 Å². The molecule has 1 aromatic carbocycles. The number of anilines is 2. The summed E-state index contributed by atoms with van der Waals surface area (Å²) in [4.78, 5) is 19.5. The highest BCUT2D eigenvalue weighted by Gasteiger charge is 2.07. The normalized spacial score (nSPS) is 9.89. The number of hydrogen-bond donors (Lipinski definition) is 2. The number of aromatic nitrogens is 2. The molecule has 0 aliphatic carbocycles. The average molecular weight is 242 g/mol. The fourth-order valence-corrected chi connectivity index (χ4v) is 1.59. The van der Waals surface area contributed by atoms with Gasteiger partial charge in [-0.1, -0.05) is 6.07 Å². The number of nitrogens with zero attached hydrogens (tertiary/aromatic N) is 2. The van der Waals surface area contributed by atoms with E-state index in [0.717, 1.165) is 16.9 Å². The summed E-state index contributed by atoms with van der Waals surface area (Å²) in [5, 5.41) is 5.86. The van der Waals surface area contributed by atoms with Gasteiger partial charge in [0.15, 0.2) is 0 Å². The van der Waals surface area contributed by atoms with Crippen molar-refractivity contribution in [1.29, 1.82) is 0 Å². The van der Waals surface area contributed by atoms with Gasteiger partial charge < -0.3 is 10.6 Å². The van der Waals surface area contributed by atoms with E-state index < -0.39 is 0 Å². The maximum absolute atomic E-state index is 11.9. The number of hydrogen-bond acceptors (Lipinski definition) is 4. The SMILES string of the molecule is CNc1cc(NC(=O)c2ccncn2)ccc1C.